The van der Waals surface area contributed by atoms with Gasteiger partial charge in [-0.15, -0.1) is 5.10 Å². The quantitative estimate of drug-likeness (QED) is 0.617. The first-order valence-electron chi connectivity index (χ1n) is 5.18. The van der Waals surface area contributed by atoms with Gasteiger partial charge in [0.15, 0.2) is 0 Å². The van der Waals surface area contributed by atoms with Crippen LogP contribution in [0.5, 0.6) is 0 Å². The summed E-state index contributed by atoms with van der Waals surface area (Å²) in [5.74, 6) is -0.461. The van der Waals surface area contributed by atoms with Crippen molar-refractivity contribution in [3.8, 4) is 0 Å². The predicted molar refractivity (Wildman–Crippen MR) is 68.5 cm³/mol. The lowest BCUT2D eigenvalue weighted by atomic mass is 10.2. The molecule has 0 fully saturated rings. The minimum absolute atomic E-state index is 0.0728. The second kappa shape index (κ2) is 5.26. The van der Waals surface area contributed by atoms with Crippen LogP contribution < -0.4 is 5.56 Å². The normalized spacial score (nSPS) is 12.3. The number of aromatic nitrogens is 3. The number of alkyl halides is 1. The van der Waals surface area contributed by atoms with Gasteiger partial charge < -0.3 is 4.74 Å². The molecule has 1 aromatic carbocycles. The molecule has 1 unspecified atom stereocenters. The number of fused-ring (bicyclic) bond motifs is 1. The van der Waals surface area contributed by atoms with Gasteiger partial charge in [0.05, 0.1) is 19.0 Å². The summed E-state index contributed by atoms with van der Waals surface area (Å²) >= 11 is 3.14. The highest BCUT2D eigenvalue weighted by molar-refractivity contribution is 9.10. The molecule has 0 saturated carbocycles. The summed E-state index contributed by atoms with van der Waals surface area (Å²) < 4.78 is 5.70. The Morgan fingerprint density at radius 2 is 2.22 bits per heavy atom. The van der Waals surface area contributed by atoms with Crippen LogP contribution in [0.25, 0.3) is 10.9 Å². The van der Waals surface area contributed by atoms with Gasteiger partial charge in [0.25, 0.3) is 5.56 Å². The molecule has 0 N–H and O–H groups in total. The summed E-state index contributed by atoms with van der Waals surface area (Å²) in [5.41, 5.74) is 0.247. The fourth-order valence-corrected chi connectivity index (χ4v) is 1.96. The molecule has 0 spiro atoms. The van der Waals surface area contributed by atoms with E-state index in [1.54, 1.807) is 24.3 Å². The number of ether oxygens (including phenoxy) is 1. The van der Waals surface area contributed by atoms with Crippen molar-refractivity contribution in [2.24, 2.45) is 0 Å². The third kappa shape index (κ3) is 2.40. The third-order valence-corrected chi connectivity index (χ3v) is 3.08. The second-order valence-electron chi connectivity index (χ2n) is 3.58. The molecule has 1 heterocycles. The van der Waals surface area contributed by atoms with E-state index in [0.29, 0.717) is 10.9 Å². The molecule has 0 aliphatic rings. The van der Waals surface area contributed by atoms with Gasteiger partial charge in [-0.1, -0.05) is 33.3 Å². The van der Waals surface area contributed by atoms with Gasteiger partial charge in [-0.2, -0.15) is 0 Å². The largest absolute Gasteiger partial charge is 0.468 e. The third-order valence-electron chi connectivity index (χ3n) is 2.42. The molecule has 2 aromatic rings. The standard InChI is InChI=1S/C11H10BrN3O3/c1-18-11(17)8(12)6-15-10(16)7-4-2-3-5-9(7)13-14-15/h2-5,8H,6H2,1H3. The van der Waals surface area contributed by atoms with E-state index in [1.165, 1.54) is 7.11 Å². The molecule has 7 heteroatoms. The first-order valence-corrected chi connectivity index (χ1v) is 6.09. The Morgan fingerprint density at radius 3 is 2.94 bits per heavy atom. The number of rotatable bonds is 3. The summed E-state index contributed by atoms with van der Waals surface area (Å²) in [6.45, 7) is 0.0728. The van der Waals surface area contributed by atoms with Gasteiger partial charge in [-0.3, -0.25) is 9.59 Å². The zero-order valence-corrected chi connectivity index (χ0v) is 11.1. The Bertz CT molecular complexity index is 641. The molecule has 0 aliphatic carbocycles. The number of halogens is 1. The molecule has 18 heavy (non-hydrogen) atoms. The van der Waals surface area contributed by atoms with Crippen LogP contribution in [0, 0.1) is 0 Å². The fourth-order valence-electron chi connectivity index (χ4n) is 1.50. The highest BCUT2D eigenvalue weighted by Crippen LogP contribution is 2.06. The van der Waals surface area contributed by atoms with Crippen LogP contribution in [0.4, 0.5) is 0 Å². The van der Waals surface area contributed by atoms with Crippen LogP contribution in [0.2, 0.25) is 0 Å². The number of hydrogen-bond donors (Lipinski definition) is 0. The van der Waals surface area contributed by atoms with Gasteiger partial charge in [0, 0.05) is 0 Å². The van der Waals surface area contributed by atoms with E-state index < -0.39 is 10.8 Å². The topological polar surface area (TPSA) is 74.1 Å². The van der Waals surface area contributed by atoms with Gasteiger partial charge in [-0.05, 0) is 12.1 Å². The van der Waals surface area contributed by atoms with Gasteiger partial charge in [-0.25, -0.2) is 4.68 Å². The van der Waals surface area contributed by atoms with Gasteiger partial charge in [0.1, 0.15) is 10.3 Å². The van der Waals surface area contributed by atoms with Crippen LogP contribution in [-0.4, -0.2) is 32.9 Å². The van der Waals surface area contributed by atoms with Gasteiger partial charge >= 0.3 is 5.97 Å². The number of nitrogens with zero attached hydrogens (tertiary/aromatic N) is 3. The Kier molecular flexibility index (Phi) is 3.71. The number of carbonyl (C=O) groups excluding carboxylic acids is 1. The lowest BCUT2D eigenvalue weighted by Crippen LogP contribution is -2.31. The van der Waals surface area contributed by atoms with E-state index in [4.69, 9.17) is 0 Å². The van der Waals surface area contributed by atoms with E-state index in [1.807, 2.05) is 0 Å². The molecular formula is C11H10BrN3O3. The van der Waals surface area contributed by atoms with Crippen LogP contribution in [0.3, 0.4) is 0 Å². The maximum Gasteiger partial charge on any atom is 0.321 e. The summed E-state index contributed by atoms with van der Waals surface area (Å²) in [7, 11) is 1.28. The van der Waals surface area contributed by atoms with Crippen LogP contribution in [0.1, 0.15) is 0 Å². The Labute approximate surface area is 111 Å². The number of esters is 1. The Morgan fingerprint density at radius 1 is 1.50 bits per heavy atom. The first kappa shape index (κ1) is 12.7. The molecule has 0 aliphatic heterocycles. The van der Waals surface area contributed by atoms with E-state index in [9.17, 15) is 9.59 Å². The van der Waals surface area contributed by atoms with Crippen LogP contribution in [-0.2, 0) is 16.1 Å². The average Bonchev–Trinajstić information content (AvgIpc) is 2.41. The zero-order valence-electron chi connectivity index (χ0n) is 9.54. The maximum absolute atomic E-state index is 12.1. The summed E-state index contributed by atoms with van der Waals surface area (Å²) in [4.78, 5) is 22.7. The average molecular weight is 312 g/mol. The predicted octanol–water partition coefficient (Wildman–Crippen LogP) is 0.728. The molecule has 94 valence electrons. The SMILES string of the molecule is COC(=O)C(Br)Cn1nnc2ccccc2c1=O. The van der Waals surface area contributed by atoms with Crippen molar-refractivity contribution in [3.63, 3.8) is 0 Å². The molecule has 0 radical (unpaired) electrons. The molecule has 1 atom stereocenters. The van der Waals surface area contributed by atoms with Gasteiger partial charge in [0.2, 0.25) is 0 Å². The number of hydrogen-bond acceptors (Lipinski definition) is 5. The first-order chi connectivity index (χ1) is 8.63. The minimum Gasteiger partial charge on any atom is -0.468 e. The lowest BCUT2D eigenvalue weighted by molar-refractivity contribution is -0.140. The van der Waals surface area contributed by atoms with Crippen molar-refractivity contribution < 1.29 is 9.53 Å². The summed E-state index contributed by atoms with van der Waals surface area (Å²) in [5, 5.41) is 8.17. The van der Waals surface area contributed by atoms with E-state index in [-0.39, 0.29) is 12.1 Å². The molecule has 0 amide bonds. The van der Waals surface area contributed by atoms with E-state index >= 15 is 0 Å². The number of carbonyl (C=O) groups is 1. The van der Waals surface area contributed by atoms with Crippen molar-refractivity contribution in [2.45, 2.75) is 11.4 Å². The van der Waals surface area contributed by atoms with Crippen molar-refractivity contribution >= 4 is 32.8 Å². The molecule has 0 bridgehead atoms. The zero-order chi connectivity index (χ0) is 13.1. The highest BCUT2D eigenvalue weighted by Gasteiger charge is 2.17. The smallest absolute Gasteiger partial charge is 0.321 e. The van der Waals surface area contributed by atoms with Crippen LogP contribution >= 0.6 is 15.9 Å². The van der Waals surface area contributed by atoms with Crippen LogP contribution in [0.15, 0.2) is 29.1 Å². The monoisotopic (exact) mass is 311 g/mol. The molecule has 0 saturated heterocycles. The van der Waals surface area contributed by atoms with Crippen molar-refractivity contribution in [2.75, 3.05) is 7.11 Å². The molecule has 1 aromatic heterocycles. The van der Waals surface area contributed by atoms with E-state index in [2.05, 4.69) is 31.0 Å². The Balaban J connectivity index is 2.38. The maximum atomic E-state index is 12.1. The molecule has 2 rings (SSSR count). The van der Waals surface area contributed by atoms with Crippen molar-refractivity contribution in [1.29, 1.82) is 0 Å². The highest BCUT2D eigenvalue weighted by atomic mass is 79.9. The Hall–Kier alpha value is -1.76. The number of methoxy groups -OCH3 is 1. The minimum atomic E-state index is -0.629. The fraction of sp³-hybridized carbons (Fsp3) is 0.273. The van der Waals surface area contributed by atoms with E-state index in [0.717, 1.165) is 4.68 Å². The lowest BCUT2D eigenvalue weighted by Gasteiger charge is -2.08. The summed E-state index contributed by atoms with van der Waals surface area (Å²) in [6, 6.07) is 6.91. The molecule has 6 nitrogen and oxygen atoms in total. The second-order valence-corrected chi connectivity index (χ2v) is 4.69. The molecular weight excluding hydrogens is 302 g/mol. The summed E-state index contributed by atoms with van der Waals surface area (Å²) in [6.07, 6.45) is 0. The van der Waals surface area contributed by atoms with Crippen molar-refractivity contribution in [3.05, 3.63) is 34.6 Å². The van der Waals surface area contributed by atoms with Crippen molar-refractivity contribution in [1.82, 2.24) is 15.0 Å². The number of benzene rings is 1.